The Morgan fingerprint density at radius 1 is 1.50 bits per heavy atom. The molecule has 0 aliphatic carbocycles. The largest absolute Gasteiger partial charge is 0.412 e. The van der Waals surface area contributed by atoms with E-state index in [-0.39, 0.29) is 17.3 Å². The summed E-state index contributed by atoms with van der Waals surface area (Å²) < 4.78 is 20.7. The fourth-order valence-electron chi connectivity index (χ4n) is 0.810. The third kappa shape index (κ3) is 1.60. The third-order valence-electron chi connectivity index (χ3n) is 1.42. The smallest absolute Gasteiger partial charge is 0.168 e. The van der Waals surface area contributed by atoms with E-state index in [0.29, 0.717) is 6.42 Å². The topological polar surface area (TPSA) is 91.7 Å². The summed E-state index contributed by atoms with van der Waals surface area (Å²) in [4.78, 5) is 0. The second-order valence-corrected chi connectivity index (χ2v) is 5.14. The van der Waals surface area contributed by atoms with Gasteiger partial charge in [0.15, 0.2) is 9.84 Å². The molecule has 1 aliphatic rings. The van der Waals surface area contributed by atoms with Gasteiger partial charge < -0.3 is 11.2 Å². The lowest BCUT2D eigenvalue weighted by atomic mass is 10.3. The molecule has 0 amide bonds. The molecule has 0 aromatic carbocycles. The first-order valence-corrected chi connectivity index (χ1v) is 4.80. The number of alkyl halides is 1. The third-order valence-corrected chi connectivity index (χ3v) is 4.39. The Labute approximate surface area is 64.6 Å². The molecule has 1 aliphatic heterocycles. The second-order valence-electron chi connectivity index (χ2n) is 2.17. The molecule has 1 rings (SSSR count). The molecule has 0 aromatic rings. The van der Waals surface area contributed by atoms with Crippen molar-refractivity contribution in [1.82, 2.24) is 0 Å². The maximum atomic E-state index is 10.8. The molecule has 2 atom stereocenters. The Morgan fingerprint density at radius 3 is 2.10 bits per heavy atom. The van der Waals surface area contributed by atoms with E-state index in [0.717, 1.165) is 0 Å². The molecule has 10 heavy (non-hydrogen) atoms. The van der Waals surface area contributed by atoms with Gasteiger partial charge >= 0.3 is 0 Å². The first-order chi connectivity index (χ1) is 4.04. The molecular weight excluding hydrogens is 178 g/mol. The minimum Gasteiger partial charge on any atom is -0.412 e. The Bertz CT molecular complexity index is 203. The van der Waals surface area contributed by atoms with Crippen LogP contribution in [0.1, 0.15) is 6.42 Å². The van der Waals surface area contributed by atoms with Crippen molar-refractivity contribution in [3.63, 3.8) is 0 Å². The van der Waals surface area contributed by atoms with Crippen LogP contribution in [0.2, 0.25) is 0 Å². The SMILES string of the molecule is NC1CCS(=O)(=O)C1Cl.O. The summed E-state index contributed by atoms with van der Waals surface area (Å²) in [6.45, 7) is 0. The molecule has 0 spiro atoms. The summed E-state index contributed by atoms with van der Waals surface area (Å²) in [5.74, 6) is 0.141. The highest BCUT2D eigenvalue weighted by molar-refractivity contribution is 7.93. The number of halogens is 1. The van der Waals surface area contributed by atoms with Gasteiger partial charge in [-0.25, -0.2) is 8.42 Å². The van der Waals surface area contributed by atoms with Gasteiger partial charge in [0.2, 0.25) is 0 Å². The van der Waals surface area contributed by atoms with Crippen LogP contribution in [0.5, 0.6) is 0 Å². The van der Waals surface area contributed by atoms with Crippen LogP contribution in [0, 0.1) is 0 Å². The summed E-state index contributed by atoms with van der Waals surface area (Å²) in [6.07, 6.45) is 0.497. The van der Waals surface area contributed by atoms with E-state index in [2.05, 4.69) is 0 Å². The minimum atomic E-state index is -3.03. The Hall–Kier alpha value is 0.160. The van der Waals surface area contributed by atoms with E-state index < -0.39 is 14.5 Å². The van der Waals surface area contributed by atoms with Crippen LogP contribution in [0.15, 0.2) is 0 Å². The molecule has 62 valence electrons. The molecular formula is C4H10ClNO3S. The lowest BCUT2D eigenvalue weighted by Crippen LogP contribution is -2.28. The molecule has 1 heterocycles. The lowest BCUT2D eigenvalue weighted by Gasteiger charge is -2.02. The van der Waals surface area contributed by atoms with E-state index in [1.807, 2.05) is 0 Å². The van der Waals surface area contributed by atoms with Crippen LogP contribution in [0.3, 0.4) is 0 Å². The van der Waals surface area contributed by atoms with E-state index in [9.17, 15) is 8.42 Å². The molecule has 4 N–H and O–H groups in total. The Kier molecular flexibility index (Phi) is 3.09. The van der Waals surface area contributed by atoms with Gasteiger partial charge in [-0.3, -0.25) is 0 Å². The molecule has 0 saturated carbocycles. The molecule has 0 radical (unpaired) electrons. The minimum absolute atomic E-state index is 0. The van der Waals surface area contributed by atoms with E-state index >= 15 is 0 Å². The van der Waals surface area contributed by atoms with Crippen molar-refractivity contribution in [2.45, 2.75) is 17.2 Å². The van der Waals surface area contributed by atoms with Crippen LogP contribution < -0.4 is 5.73 Å². The van der Waals surface area contributed by atoms with Crippen molar-refractivity contribution in [1.29, 1.82) is 0 Å². The summed E-state index contributed by atoms with van der Waals surface area (Å²) in [5, 5.41) is 0. The monoisotopic (exact) mass is 187 g/mol. The predicted molar refractivity (Wildman–Crippen MR) is 39.6 cm³/mol. The van der Waals surface area contributed by atoms with Crippen molar-refractivity contribution >= 4 is 21.4 Å². The zero-order valence-corrected chi connectivity index (χ0v) is 6.82. The van der Waals surface area contributed by atoms with Crippen molar-refractivity contribution in [2.75, 3.05) is 5.75 Å². The zero-order valence-electron chi connectivity index (χ0n) is 5.25. The molecule has 2 unspecified atom stereocenters. The van der Waals surface area contributed by atoms with Gasteiger partial charge in [0.1, 0.15) is 4.71 Å². The molecule has 0 aromatic heterocycles. The van der Waals surface area contributed by atoms with Gasteiger partial charge in [-0.2, -0.15) is 0 Å². The molecule has 6 heteroatoms. The average molecular weight is 188 g/mol. The maximum Gasteiger partial charge on any atom is 0.168 e. The Morgan fingerprint density at radius 2 is 2.00 bits per heavy atom. The summed E-state index contributed by atoms with van der Waals surface area (Å²) in [5.41, 5.74) is 5.34. The van der Waals surface area contributed by atoms with Crippen LogP contribution in [0.25, 0.3) is 0 Å². The fraction of sp³-hybridized carbons (Fsp3) is 1.00. The van der Waals surface area contributed by atoms with Gasteiger partial charge in [0.05, 0.1) is 5.75 Å². The van der Waals surface area contributed by atoms with Crippen molar-refractivity contribution in [2.24, 2.45) is 5.73 Å². The summed E-state index contributed by atoms with van der Waals surface area (Å²) in [6, 6.07) is -0.364. The first-order valence-electron chi connectivity index (χ1n) is 2.65. The van der Waals surface area contributed by atoms with E-state index in [1.54, 1.807) is 0 Å². The maximum absolute atomic E-state index is 10.8. The number of hydrogen-bond acceptors (Lipinski definition) is 3. The van der Waals surface area contributed by atoms with Crippen LogP contribution in [-0.4, -0.2) is 30.4 Å². The first kappa shape index (κ1) is 10.2. The van der Waals surface area contributed by atoms with Crippen LogP contribution in [0.4, 0.5) is 0 Å². The highest BCUT2D eigenvalue weighted by Gasteiger charge is 2.36. The highest BCUT2D eigenvalue weighted by Crippen LogP contribution is 2.21. The van der Waals surface area contributed by atoms with E-state index in [1.165, 1.54) is 0 Å². The summed E-state index contributed by atoms with van der Waals surface area (Å²) >= 11 is 5.44. The number of hydrogen-bond donors (Lipinski definition) is 1. The van der Waals surface area contributed by atoms with Crippen LogP contribution >= 0.6 is 11.6 Å². The van der Waals surface area contributed by atoms with Crippen molar-refractivity contribution in [3.8, 4) is 0 Å². The molecule has 1 saturated heterocycles. The van der Waals surface area contributed by atoms with E-state index in [4.69, 9.17) is 17.3 Å². The highest BCUT2D eigenvalue weighted by atomic mass is 35.5. The molecule has 1 fully saturated rings. The standard InChI is InChI=1S/C4H8ClNO2S.H2O/c5-4-3(6)1-2-9(4,7)8;/h3-4H,1-2,6H2;1H2. The quantitative estimate of drug-likeness (QED) is 0.487. The zero-order chi connectivity index (χ0) is 7.07. The van der Waals surface area contributed by atoms with Gasteiger partial charge in [-0.15, -0.1) is 11.6 Å². The molecule has 0 bridgehead atoms. The second kappa shape index (κ2) is 3.04. The fourth-order valence-corrected chi connectivity index (χ4v) is 2.70. The van der Waals surface area contributed by atoms with Crippen LogP contribution in [-0.2, 0) is 9.84 Å². The lowest BCUT2D eigenvalue weighted by molar-refractivity contribution is 0.598. The molecule has 4 nitrogen and oxygen atoms in total. The number of sulfone groups is 1. The normalized spacial score (nSPS) is 37.0. The Balaban J connectivity index is 0.000000810. The van der Waals surface area contributed by atoms with Crippen molar-refractivity contribution < 1.29 is 13.9 Å². The van der Waals surface area contributed by atoms with Gasteiger partial charge in [-0.05, 0) is 6.42 Å². The number of rotatable bonds is 0. The number of nitrogens with two attached hydrogens (primary N) is 1. The van der Waals surface area contributed by atoms with Gasteiger partial charge in [-0.1, -0.05) is 0 Å². The predicted octanol–water partition coefficient (Wildman–Crippen LogP) is -1.13. The summed E-state index contributed by atoms with van der Waals surface area (Å²) in [7, 11) is -3.03. The van der Waals surface area contributed by atoms with Gasteiger partial charge in [0, 0.05) is 6.04 Å². The van der Waals surface area contributed by atoms with Crippen molar-refractivity contribution in [3.05, 3.63) is 0 Å². The van der Waals surface area contributed by atoms with Gasteiger partial charge in [0.25, 0.3) is 0 Å². The average Bonchev–Trinajstić information content (AvgIpc) is 1.97.